The van der Waals surface area contributed by atoms with Crippen LogP contribution in [0.5, 0.6) is 0 Å². The number of rotatable bonds is 21. The molecule has 0 saturated carbocycles. The third-order valence-electron chi connectivity index (χ3n) is 13.6. The number of para-hydroxylation sites is 3. The number of carboxylic acids is 3. The van der Waals surface area contributed by atoms with Crippen molar-refractivity contribution in [2.24, 2.45) is 0 Å². The van der Waals surface area contributed by atoms with Gasteiger partial charge in [-0.2, -0.15) is 26.3 Å². The fourth-order valence-corrected chi connectivity index (χ4v) is 12.5. The van der Waals surface area contributed by atoms with Crippen LogP contribution in [0, 0.1) is 12.7 Å². The Hall–Kier alpha value is -9.85. The zero-order chi connectivity index (χ0) is 66.3. The molecule has 6 N–H and O–H groups in total. The van der Waals surface area contributed by atoms with Gasteiger partial charge in [0.25, 0.3) is 30.1 Å². The summed E-state index contributed by atoms with van der Waals surface area (Å²) in [4.78, 5) is 32.2. The van der Waals surface area contributed by atoms with Gasteiger partial charge in [0.1, 0.15) is 5.82 Å². The molecule has 0 spiro atoms. The van der Waals surface area contributed by atoms with Crippen molar-refractivity contribution in [1.29, 1.82) is 0 Å². The van der Waals surface area contributed by atoms with Crippen molar-refractivity contribution in [3.05, 3.63) is 285 Å². The minimum atomic E-state index is -5.20. The average Bonchev–Trinajstić information content (AvgIpc) is 0.990. The van der Waals surface area contributed by atoms with E-state index in [0.29, 0.717) is 54.6 Å². The second kappa shape index (κ2) is 29.6. The van der Waals surface area contributed by atoms with Crippen LogP contribution in [0.1, 0.15) is 81.1 Å². The number of anilines is 3. The summed E-state index contributed by atoms with van der Waals surface area (Å²) < 4.78 is 176. The molecule has 0 unspecified atom stereocenters. The van der Waals surface area contributed by atoms with Gasteiger partial charge >= 0.3 is 30.3 Å². The molecule has 9 rings (SSSR count). The van der Waals surface area contributed by atoms with Crippen LogP contribution in [-0.4, -0.2) is 58.5 Å². The smallest absolute Gasteiger partial charge is 0.416 e. The Bertz CT molecular complexity index is 4260. The molecule has 25 heteroatoms. The third-order valence-corrected chi connectivity index (χ3v) is 17.7. The summed E-state index contributed by atoms with van der Waals surface area (Å²) in [6, 6.07) is 51.2. The molecule has 0 atom stereocenters. The molecule has 9 aromatic carbocycles. The Morgan fingerprint density at radius 1 is 0.363 bits per heavy atom. The number of hydrogen-bond donors (Lipinski definition) is 6. The van der Waals surface area contributed by atoms with Crippen molar-refractivity contribution in [3.8, 4) is 0 Å². The lowest BCUT2D eigenvalue weighted by Gasteiger charge is -2.16. The van der Waals surface area contributed by atoms with Crippen molar-refractivity contribution < 1.29 is 85.7 Å². The molecule has 0 aromatic heterocycles. The van der Waals surface area contributed by atoms with Crippen LogP contribution in [0.4, 0.5) is 47.8 Å². The summed E-state index contributed by atoms with van der Waals surface area (Å²) in [7, 11) is -12.4. The van der Waals surface area contributed by atoms with Gasteiger partial charge in [-0.3, -0.25) is 14.2 Å². The average molecular weight is 1310 g/mol. The summed E-state index contributed by atoms with van der Waals surface area (Å²) in [5.74, 6) is -3.72. The van der Waals surface area contributed by atoms with Crippen LogP contribution in [0.15, 0.2) is 227 Å². The quantitative estimate of drug-likeness (QED) is 0.0368. The Labute approximate surface area is 519 Å². The fraction of sp³-hybridized carbons (Fsp3) is 0.136. The molecule has 0 radical (unpaired) electrons. The molecule has 0 aliphatic heterocycles. The number of benzene rings is 9. The maximum Gasteiger partial charge on any atom is 0.416 e. The minimum absolute atomic E-state index is 0.0344. The van der Waals surface area contributed by atoms with Crippen LogP contribution in [0.25, 0.3) is 0 Å². The summed E-state index contributed by atoms with van der Waals surface area (Å²) in [6.07, 6.45) is -7.67. The lowest BCUT2D eigenvalue weighted by atomic mass is 10.0. The molecule has 0 aliphatic carbocycles. The first-order valence-corrected chi connectivity index (χ1v) is 31.7. The molecule has 0 fully saturated rings. The van der Waals surface area contributed by atoms with Gasteiger partial charge in [0.15, 0.2) is 0 Å². The Morgan fingerprint density at radius 3 is 1.01 bits per heavy atom. The van der Waals surface area contributed by atoms with Gasteiger partial charge in [-0.15, -0.1) is 0 Å². The number of carboxylic acid groups (broad SMARTS) is 3. The van der Waals surface area contributed by atoms with Gasteiger partial charge < -0.3 is 15.3 Å². The topological polar surface area (TPSA) is 250 Å². The number of halogens is 7. The minimum Gasteiger partial charge on any atom is -0.478 e. The number of alkyl halides is 6. The Balaban J connectivity index is 0.000000196. The van der Waals surface area contributed by atoms with Crippen LogP contribution < -0.4 is 14.2 Å². The molecular weight excluding hydrogens is 1260 g/mol. The first kappa shape index (κ1) is 68.6. The number of aromatic carboxylic acids is 3. The highest BCUT2D eigenvalue weighted by Crippen LogP contribution is 2.38. The molecule has 9 aromatic rings. The highest BCUT2D eigenvalue weighted by atomic mass is 32.2. The van der Waals surface area contributed by atoms with E-state index in [2.05, 4.69) is 14.2 Å². The summed E-state index contributed by atoms with van der Waals surface area (Å²) in [5, 5.41) is 27.3. The highest BCUT2D eigenvalue weighted by Gasteiger charge is 2.38. The zero-order valence-electron chi connectivity index (χ0n) is 47.8. The SMILES string of the molecule is Cc1cccc(S(=O)(=O)Nc2ccccc2CCc2cccc(C(=O)O)c2)c1.O=C(O)c1cccc(CCc2ccccc2NS(=O)(=O)c2cc(C(F)(F)F)cc(C(F)(F)F)c2)c1.O=C(O)c1cccc(CCc2ccccc2NS(=O)(=O)c2cccc(F)c2)c1. The van der Waals surface area contributed by atoms with E-state index < -0.39 is 82.2 Å². The van der Waals surface area contributed by atoms with Crippen LogP contribution >= 0.6 is 0 Å². The molecule has 0 amide bonds. The first-order valence-electron chi connectivity index (χ1n) is 27.3. The molecule has 0 aliphatic rings. The van der Waals surface area contributed by atoms with Crippen LogP contribution in [0.2, 0.25) is 0 Å². The zero-order valence-corrected chi connectivity index (χ0v) is 50.3. The monoisotopic (exact) mass is 1310 g/mol. The van der Waals surface area contributed by atoms with Gasteiger partial charge in [-0.05, 0) is 188 Å². The molecule has 91 heavy (non-hydrogen) atoms. The predicted molar refractivity (Wildman–Crippen MR) is 328 cm³/mol. The Morgan fingerprint density at radius 2 is 0.681 bits per heavy atom. The molecule has 474 valence electrons. The van der Waals surface area contributed by atoms with Crippen molar-refractivity contribution in [2.75, 3.05) is 14.2 Å². The second-order valence-corrected chi connectivity index (χ2v) is 25.4. The fourth-order valence-electron chi connectivity index (χ4n) is 9.04. The highest BCUT2D eigenvalue weighted by molar-refractivity contribution is 7.93. The van der Waals surface area contributed by atoms with E-state index in [1.54, 1.807) is 103 Å². The van der Waals surface area contributed by atoms with E-state index in [4.69, 9.17) is 15.3 Å². The lowest BCUT2D eigenvalue weighted by molar-refractivity contribution is -0.143. The van der Waals surface area contributed by atoms with E-state index in [1.807, 2.05) is 37.3 Å². The van der Waals surface area contributed by atoms with Gasteiger partial charge in [-0.1, -0.05) is 109 Å². The maximum atomic E-state index is 13.4. The Kier molecular flexibility index (Phi) is 22.4. The summed E-state index contributed by atoms with van der Waals surface area (Å²) >= 11 is 0. The third kappa shape index (κ3) is 19.8. The molecular formula is C66H56F7N3O12S3. The van der Waals surface area contributed by atoms with E-state index in [-0.39, 0.29) is 56.8 Å². The van der Waals surface area contributed by atoms with Crippen LogP contribution in [0.3, 0.4) is 0 Å². The molecule has 0 heterocycles. The number of hydrogen-bond acceptors (Lipinski definition) is 9. The first-order chi connectivity index (χ1) is 42.9. The van der Waals surface area contributed by atoms with Crippen molar-refractivity contribution >= 4 is 65.0 Å². The number of sulfonamides is 3. The number of carbonyl (C=O) groups is 3. The normalized spacial score (nSPS) is 11.6. The maximum absolute atomic E-state index is 13.4. The van der Waals surface area contributed by atoms with Gasteiger partial charge in [0.2, 0.25) is 0 Å². The second-order valence-electron chi connectivity index (χ2n) is 20.3. The molecule has 0 saturated heterocycles. The van der Waals surface area contributed by atoms with E-state index in [9.17, 15) is 70.4 Å². The van der Waals surface area contributed by atoms with Crippen molar-refractivity contribution in [2.45, 2.75) is 72.5 Å². The lowest BCUT2D eigenvalue weighted by Crippen LogP contribution is -2.18. The number of aryl methyl sites for hydroxylation is 7. The van der Waals surface area contributed by atoms with Crippen molar-refractivity contribution in [3.63, 3.8) is 0 Å². The molecule has 15 nitrogen and oxygen atoms in total. The van der Waals surface area contributed by atoms with E-state index in [1.165, 1.54) is 54.6 Å². The van der Waals surface area contributed by atoms with Gasteiger partial charge in [-0.25, -0.2) is 44.0 Å². The number of nitrogens with one attached hydrogen (secondary N) is 3. The van der Waals surface area contributed by atoms with Crippen molar-refractivity contribution in [1.82, 2.24) is 0 Å². The van der Waals surface area contributed by atoms with E-state index >= 15 is 0 Å². The summed E-state index contributed by atoms with van der Waals surface area (Å²) in [6.45, 7) is 1.85. The van der Waals surface area contributed by atoms with E-state index in [0.717, 1.165) is 33.9 Å². The predicted octanol–water partition coefficient (Wildman–Crippen LogP) is 14.4. The molecule has 0 bridgehead atoms. The van der Waals surface area contributed by atoms with Gasteiger partial charge in [0, 0.05) is 0 Å². The van der Waals surface area contributed by atoms with Gasteiger partial charge in [0.05, 0.1) is 59.6 Å². The standard InChI is InChI=1S/C23H17F6NO4S.C22H21NO4S.C21H18FNO4S/c24-22(25,26)17-11-18(23(27,28)29)13-19(12-17)35(33,34)30-20-7-2-1-5-15(20)9-8-14-4-3-6-16(10-14)21(31)32;1-16-6-4-10-20(14-16)28(26,27)23-21-11-3-2-8-18(21)13-12-17-7-5-9-19(15-17)22(24)25;22-18-8-4-9-19(14-18)28(26,27)23-20-10-2-1-6-16(20)12-11-15-5-3-7-17(13-15)21(24)25/h1-7,10-13,30H,8-9H2,(H,31,32);2-11,14-15,23H,12-13H2,1H3,(H,24,25);1-10,13-14,23H,11-12H2,(H,24,25). The summed E-state index contributed by atoms with van der Waals surface area (Å²) in [5.41, 5.74) is 3.13. The largest absolute Gasteiger partial charge is 0.478 e. The van der Waals surface area contributed by atoms with Crippen LogP contribution in [-0.2, 0) is 80.9 Å².